The Morgan fingerprint density at radius 2 is 1.87 bits per heavy atom. The number of carbonyl (C=O) groups excluding carboxylic acids is 2. The van der Waals surface area contributed by atoms with Gasteiger partial charge in [-0.25, -0.2) is 0 Å². The van der Waals surface area contributed by atoms with Gasteiger partial charge >= 0.3 is 0 Å². The van der Waals surface area contributed by atoms with Crippen molar-refractivity contribution in [2.75, 3.05) is 30.0 Å². The molecule has 0 amide bonds. The van der Waals surface area contributed by atoms with E-state index in [1.165, 1.54) is 0 Å². The summed E-state index contributed by atoms with van der Waals surface area (Å²) in [5.74, 6) is -0.616. The van der Waals surface area contributed by atoms with Crippen molar-refractivity contribution in [3.05, 3.63) is 41.5 Å². The molecule has 2 aromatic carbocycles. The van der Waals surface area contributed by atoms with E-state index in [1.807, 2.05) is 30.3 Å². The highest BCUT2D eigenvalue weighted by Crippen LogP contribution is 2.37. The fourth-order valence-electron chi connectivity index (χ4n) is 3.13. The minimum absolute atomic E-state index is 0.0428. The number of carbonyl (C=O) groups is 2. The van der Waals surface area contributed by atoms with Gasteiger partial charge in [0.2, 0.25) is 0 Å². The maximum absolute atomic E-state index is 12.7. The molecule has 0 aromatic heterocycles. The molecule has 4 nitrogen and oxygen atoms in total. The first-order valence-electron chi connectivity index (χ1n) is 7.62. The minimum atomic E-state index is -0.530. The molecule has 0 saturated carbocycles. The van der Waals surface area contributed by atoms with Crippen LogP contribution in [0.25, 0.3) is 10.8 Å². The summed E-state index contributed by atoms with van der Waals surface area (Å²) in [5.41, 5.74) is 2.26. The number of ether oxygens (including phenoxy) is 1. The summed E-state index contributed by atoms with van der Waals surface area (Å²) in [7, 11) is 1.66. The van der Waals surface area contributed by atoms with E-state index in [-0.39, 0.29) is 11.6 Å². The maximum Gasteiger partial charge on any atom is 0.174 e. The average Bonchev–Trinajstić information content (AvgIpc) is 2.57. The quantitative estimate of drug-likeness (QED) is 0.333. The lowest BCUT2D eigenvalue weighted by molar-refractivity contribution is 0.0800. The number of ketones is 2. The van der Waals surface area contributed by atoms with Crippen molar-refractivity contribution in [3.63, 3.8) is 0 Å². The van der Waals surface area contributed by atoms with Gasteiger partial charge in [0.15, 0.2) is 11.6 Å². The third kappa shape index (κ3) is 2.87. The molecule has 1 aliphatic rings. The van der Waals surface area contributed by atoms with Crippen LogP contribution in [0.1, 0.15) is 27.1 Å². The van der Waals surface area contributed by atoms with E-state index in [1.54, 1.807) is 7.11 Å². The Balaban J connectivity index is 2.12. The standard InChI is InChI=1S/C18H18INO3/c1-23-10-9-20-15-6-5-13-16-11(15)3-2-4-12(16)17(21)14(7-8-19)18(13)22/h2-6,14,20H,7-10H2,1H3. The molecule has 0 spiro atoms. The third-order valence-electron chi connectivity index (χ3n) is 4.22. The second kappa shape index (κ2) is 6.97. The van der Waals surface area contributed by atoms with Crippen LogP contribution in [-0.4, -0.2) is 36.3 Å². The second-order valence-electron chi connectivity index (χ2n) is 5.57. The van der Waals surface area contributed by atoms with Gasteiger partial charge in [-0.3, -0.25) is 9.59 Å². The van der Waals surface area contributed by atoms with Crippen LogP contribution in [0.2, 0.25) is 0 Å². The lowest BCUT2D eigenvalue weighted by atomic mass is 9.78. The molecule has 0 aliphatic heterocycles. The Labute approximate surface area is 148 Å². The maximum atomic E-state index is 12.7. The van der Waals surface area contributed by atoms with E-state index in [0.29, 0.717) is 30.7 Å². The van der Waals surface area contributed by atoms with Gasteiger partial charge in [-0.2, -0.15) is 0 Å². The first-order valence-corrected chi connectivity index (χ1v) is 9.14. The van der Waals surface area contributed by atoms with Gasteiger partial charge in [0.25, 0.3) is 0 Å². The topological polar surface area (TPSA) is 55.4 Å². The van der Waals surface area contributed by atoms with Crippen LogP contribution in [0.4, 0.5) is 5.69 Å². The lowest BCUT2D eigenvalue weighted by Crippen LogP contribution is -2.29. The Hall–Kier alpha value is -1.47. The summed E-state index contributed by atoms with van der Waals surface area (Å²) in [6.07, 6.45) is 0.599. The number of hydrogen-bond donors (Lipinski definition) is 1. The SMILES string of the molecule is COCCNc1ccc2c3c(cccc13)C(=O)C(CCI)C2=O. The van der Waals surface area contributed by atoms with Gasteiger partial charge in [0.1, 0.15) is 0 Å². The number of alkyl halides is 1. The van der Waals surface area contributed by atoms with Crippen LogP contribution in [-0.2, 0) is 4.74 Å². The van der Waals surface area contributed by atoms with Gasteiger partial charge in [-0.05, 0) is 18.6 Å². The Bertz CT molecular complexity index is 750. The van der Waals surface area contributed by atoms with E-state index in [9.17, 15) is 9.59 Å². The molecule has 1 aliphatic carbocycles. The fraction of sp³-hybridized carbons (Fsp3) is 0.333. The first-order chi connectivity index (χ1) is 11.2. The van der Waals surface area contributed by atoms with Crippen molar-refractivity contribution < 1.29 is 14.3 Å². The van der Waals surface area contributed by atoms with E-state index in [2.05, 4.69) is 27.9 Å². The van der Waals surface area contributed by atoms with Crippen molar-refractivity contribution in [1.82, 2.24) is 0 Å². The molecule has 0 heterocycles. The van der Waals surface area contributed by atoms with E-state index in [0.717, 1.165) is 20.9 Å². The predicted molar refractivity (Wildman–Crippen MR) is 100.0 cm³/mol. The van der Waals surface area contributed by atoms with Crippen molar-refractivity contribution >= 4 is 50.6 Å². The van der Waals surface area contributed by atoms with E-state index < -0.39 is 5.92 Å². The van der Waals surface area contributed by atoms with Crippen molar-refractivity contribution in [2.24, 2.45) is 5.92 Å². The number of Topliss-reactive ketones (excluding diaryl/α,β-unsaturated/α-hetero) is 2. The summed E-state index contributed by atoms with van der Waals surface area (Å²) in [6, 6.07) is 9.44. The summed E-state index contributed by atoms with van der Waals surface area (Å²) >= 11 is 2.21. The minimum Gasteiger partial charge on any atom is -0.383 e. The zero-order valence-corrected chi connectivity index (χ0v) is 15.1. The lowest BCUT2D eigenvalue weighted by Gasteiger charge is -2.23. The molecule has 0 radical (unpaired) electrons. The predicted octanol–water partition coefficient (Wildman–Crippen LogP) is 3.72. The van der Waals surface area contributed by atoms with Crippen LogP contribution in [0.3, 0.4) is 0 Å². The summed E-state index contributed by atoms with van der Waals surface area (Å²) < 4.78 is 5.85. The normalized spacial score (nSPS) is 16.9. The Kier molecular flexibility index (Phi) is 4.96. The van der Waals surface area contributed by atoms with Crippen molar-refractivity contribution in [1.29, 1.82) is 0 Å². The molecule has 0 bridgehead atoms. The molecule has 120 valence electrons. The number of halogens is 1. The number of rotatable bonds is 6. The molecular formula is C18H18INO3. The summed E-state index contributed by atoms with van der Waals surface area (Å²) in [6.45, 7) is 1.27. The Morgan fingerprint density at radius 1 is 1.13 bits per heavy atom. The zero-order chi connectivity index (χ0) is 16.4. The first kappa shape index (κ1) is 16.4. The molecular weight excluding hydrogens is 405 g/mol. The number of benzene rings is 2. The molecule has 0 saturated heterocycles. The van der Waals surface area contributed by atoms with E-state index in [4.69, 9.17) is 4.74 Å². The summed E-state index contributed by atoms with van der Waals surface area (Å²) in [4.78, 5) is 25.4. The molecule has 23 heavy (non-hydrogen) atoms. The van der Waals surface area contributed by atoms with Crippen LogP contribution in [0, 0.1) is 5.92 Å². The van der Waals surface area contributed by atoms with Crippen LogP contribution < -0.4 is 5.32 Å². The van der Waals surface area contributed by atoms with Gasteiger partial charge in [0.05, 0.1) is 12.5 Å². The van der Waals surface area contributed by atoms with Gasteiger partial charge in [-0.15, -0.1) is 0 Å². The van der Waals surface area contributed by atoms with Crippen LogP contribution >= 0.6 is 22.6 Å². The fourth-order valence-corrected chi connectivity index (χ4v) is 3.75. The Morgan fingerprint density at radius 3 is 2.57 bits per heavy atom. The van der Waals surface area contributed by atoms with Crippen LogP contribution in [0.15, 0.2) is 30.3 Å². The van der Waals surface area contributed by atoms with Crippen molar-refractivity contribution in [2.45, 2.75) is 6.42 Å². The number of methoxy groups -OCH3 is 1. The third-order valence-corrected chi connectivity index (χ3v) is 4.85. The molecule has 1 atom stereocenters. The molecule has 3 rings (SSSR count). The van der Waals surface area contributed by atoms with Gasteiger partial charge < -0.3 is 10.1 Å². The van der Waals surface area contributed by atoms with Gasteiger partial charge in [-0.1, -0.05) is 40.8 Å². The second-order valence-corrected chi connectivity index (χ2v) is 6.65. The highest BCUT2D eigenvalue weighted by atomic mass is 127. The smallest absolute Gasteiger partial charge is 0.174 e. The van der Waals surface area contributed by atoms with E-state index >= 15 is 0 Å². The highest BCUT2D eigenvalue weighted by molar-refractivity contribution is 14.1. The highest BCUT2D eigenvalue weighted by Gasteiger charge is 2.35. The summed E-state index contributed by atoms with van der Waals surface area (Å²) in [5, 5.41) is 5.02. The molecule has 1 N–H and O–H groups in total. The largest absolute Gasteiger partial charge is 0.383 e. The number of anilines is 1. The van der Waals surface area contributed by atoms with Crippen molar-refractivity contribution in [3.8, 4) is 0 Å². The molecule has 5 heteroatoms. The molecule has 0 fully saturated rings. The number of hydrogen-bond acceptors (Lipinski definition) is 4. The molecule has 1 unspecified atom stereocenters. The number of nitrogens with one attached hydrogen (secondary N) is 1. The zero-order valence-electron chi connectivity index (χ0n) is 12.9. The molecule has 2 aromatic rings. The van der Waals surface area contributed by atoms with Gasteiger partial charge in [0, 0.05) is 45.7 Å². The van der Waals surface area contributed by atoms with Crippen LogP contribution in [0.5, 0.6) is 0 Å². The average molecular weight is 423 g/mol. The monoisotopic (exact) mass is 423 g/mol.